The van der Waals surface area contributed by atoms with Crippen molar-refractivity contribution in [3.63, 3.8) is 0 Å². The molecule has 2 atom stereocenters. The molecule has 4 rings (SSSR count). The fraction of sp³-hybridized carbons (Fsp3) is 0.344. The third-order valence-corrected chi connectivity index (χ3v) is 8.68. The lowest BCUT2D eigenvalue weighted by molar-refractivity contribution is -0.137. The Balaban J connectivity index is 1.46. The van der Waals surface area contributed by atoms with Crippen molar-refractivity contribution >= 4 is 22.3 Å². The summed E-state index contributed by atoms with van der Waals surface area (Å²) in [6.45, 7) is 1.83. The molecular weight excluding hydrogens is 587 g/mol. The molecule has 1 heterocycles. The molecule has 0 aliphatic carbocycles. The summed E-state index contributed by atoms with van der Waals surface area (Å²) in [6, 6.07) is 18.8. The zero-order valence-corrected chi connectivity index (χ0v) is 24.6. The highest BCUT2D eigenvalue weighted by Crippen LogP contribution is 2.31. The normalized spacial score (nSPS) is 15.9. The monoisotopic (exact) mass is 620 g/mol. The molecule has 1 amide bonds. The number of hydrogen-bond donors (Lipinski definition) is 1. The number of benzene rings is 3. The van der Waals surface area contributed by atoms with Gasteiger partial charge in [0.15, 0.2) is 0 Å². The van der Waals surface area contributed by atoms with Crippen molar-refractivity contribution in [1.29, 1.82) is 0 Å². The molecule has 1 aliphatic rings. The van der Waals surface area contributed by atoms with Gasteiger partial charge >= 0.3 is 12.8 Å². The van der Waals surface area contributed by atoms with Crippen LogP contribution < -0.4 is 5.32 Å². The van der Waals surface area contributed by atoms with Crippen LogP contribution in [-0.4, -0.2) is 47.1 Å². The third kappa shape index (κ3) is 8.81. The molecule has 3 aromatic carbocycles. The molecule has 0 radical (unpaired) electrons. The van der Waals surface area contributed by atoms with Crippen LogP contribution in [0, 0.1) is 0 Å². The number of carbonyl (C=O) groups is 1. The van der Waals surface area contributed by atoms with Crippen molar-refractivity contribution in [2.75, 3.05) is 25.4 Å². The van der Waals surface area contributed by atoms with Crippen LogP contribution >= 0.6 is 0 Å². The molecule has 1 N–H and O–H groups in total. The Bertz CT molecular complexity index is 1440. The summed E-state index contributed by atoms with van der Waals surface area (Å²) in [5, 5.41) is 2.95. The number of nitrogens with zero attached hydrogens (tertiary/aromatic N) is 1. The van der Waals surface area contributed by atoms with Crippen LogP contribution in [0.4, 0.5) is 22.0 Å². The molecule has 0 saturated carbocycles. The fourth-order valence-corrected chi connectivity index (χ4v) is 5.70. The van der Waals surface area contributed by atoms with E-state index in [0.29, 0.717) is 48.5 Å². The molecule has 0 fully saturated rings. The summed E-state index contributed by atoms with van der Waals surface area (Å²) in [6.07, 6.45) is -3.96. The zero-order valence-electron chi connectivity index (χ0n) is 23.8. The molecule has 11 heteroatoms. The van der Waals surface area contributed by atoms with Gasteiger partial charge in [0, 0.05) is 35.8 Å². The summed E-state index contributed by atoms with van der Waals surface area (Å²) in [5.74, 6) is 0.235. The Kier molecular flexibility index (Phi) is 10.9. The third-order valence-electron chi connectivity index (χ3n) is 7.36. The molecule has 1 unspecified atom stereocenters. The van der Waals surface area contributed by atoms with Gasteiger partial charge < -0.3 is 10.1 Å². The number of ether oxygens (including phenoxy) is 1. The average molecular weight is 621 g/mol. The Labute approximate surface area is 250 Å². The van der Waals surface area contributed by atoms with Gasteiger partial charge in [-0.2, -0.15) is 22.0 Å². The van der Waals surface area contributed by atoms with Crippen molar-refractivity contribution in [2.45, 2.75) is 50.5 Å². The van der Waals surface area contributed by atoms with Crippen molar-refractivity contribution in [2.24, 2.45) is 0 Å². The Hall–Kier alpha value is -3.41. The van der Waals surface area contributed by atoms with Gasteiger partial charge in [-0.1, -0.05) is 43.3 Å². The number of hydrogen-bond acceptors (Lipinski definition) is 4. The highest BCUT2D eigenvalue weighted by Gasteiger charge is 2.30. The Morgan fingerprint density at radius 3 is 2.23 bits per heavy atom. The molecule has 5 nitrogen and oxygen atoms in total. The highest BCUT2D eigenvalue weighted by atomic mass is 32.2. The second-order valence-electron chi connectivity index (χ2n) is 10.3. The Morgan fingerprint density at radius 1 is 1.00 bits per heavy atom. The van der Waals surface area contributed by atoms with E-state index in [9.17, 15) is 31.0 Å². The van der Waals surface area contributed by atoms with Crippen molar-refractivity contribution in [3.05, 3.63) is 106 Å². The maximum atomic E-state index is 13.0. The number of nitrogens with one attached hydrogen (secondary N) is 1. The van der Waals surface area contributed by atoms with Crippen LogP contribution in [0.5, 0.6) is 0 Å². The lowest BCUT2D eigenvalue weighted by Gasteiger charge is -2.31. The van der Waals surface area contributed by atoms with Crippen LogP contribution in [0.3, 0.4) is 0 Å². The first-order valence-electron chi connectivity index (χ1n) is 13.8. The van der Waals surface area contributed by atoms with E-state index in [1.807, 2.05) is 30.9 Å². The SMILES string of the molecule is CCS(=O)c1ccc([C@H](C)NC(=O)c2ccc(C3=C(COC(F)F)CCN(Cc4ccc(C(F)(F)F)cc4)C3)cc2)cc1. The maximum absolute atomic E-state index is 13.0. The second-order valence-corrected chi connectivity index (χ2v) is 12.0. The van der Waals surface area contributed by atoms with Crippen LogP contribution in [0.1, 0.15) is 58.9 Å². The van der Waals surface area contributed by atoms with Crippen LogP contribution in [-0.2, 0) is 28.3 Å². The minimum Gasteiger partial charge on any atom is -0.346 e. The number of carbonyl (C=O) groups excluding carboxylic acids is 1. The second kappa shape index (κ2) is 14.4. The minimum atomic E-state index is -4.41. The molecule has 0 aromatic heterocycles. The minimum absolute atomic E-state index is 0.245. The fourth-order valence-electron chi connectivity index (χ4n) is 4.93. The average Bonchev–Trinajstić information content (AvgIpc) is 2.99. The molecule has 0 spiro atoms. The standard InChI is InChI=1S/C32H33F5N2O3S/c1-3-43(41)28-14-10-23(11-15-28)21(2)38-30(40)25-8-6-24(7-9-25)29-19-39(17-16-26(29)20-42-31(33)34)18-22-4-12-27(13-5-22)32(35,36)37/h4-15,21,31H,3,16-20H2,1-2H3,(H,38,40)/t21-,43?/m0/s1. The smallest absolute Gasteiger partial charge is 0.346 e. The van der Waals surface area contributed by atoms with E-state index < -0.39 is 29.2 Å². The molecule has 0 saturated heterocycles. The first-order chi connectivity index (χ1) is 20.4. The van der Waals surface area contributed by atoms with Crippen molar-refractivity contribution < 1.29 is 35.7 Å². The lowest BCUT2D eigenvalue weighted by atomic mass is 9.93. The van der Waals surface area contributed by atoms with Gasteiger partial charge in [0.25, 0.3) is 5.91 Å². The summed E-state index contributed by atoms with van der Waals surface area (Å²) in [4.78, 5) is 15.7. The van der Waals surface area contributed by atoms with E-state index in [4.69, 9.17) is 0 Å². The highest BCUT2D eigenvalue weighted by molar-refractivity contribution is 7.85. The van der Waals surface area contributed by atoms with Gasteiger partial charge in [-0.25, -0.2) is 0 Å². The molecular formula is C32H33F5N2O3S. The summed E-state index contributed by atoms with van der Waals surface area (Å²) in [5.41, 5.74) is 3.51. The summed E-state index contributed by atoms with van der Waals surface area (Å²) in [7, 11) is -1.06. The predicted molar refractivity (Wildman–Crippen MR) is 156 cm³/mol. The van der Waals surface area contributed by atoms with Gasteiger partial charge in [0.2, 0.25) is 0 Å². The number of rotatable bonds is 11. The quantitative estimate of drug-likeness (QED) is 0.230. The number of amides is 1. The summed E-state index contributed by atoms with van der Waals surface area (Å²) >= 11 is 0. The van der Waals surface area contributed by atoms with Gasteiger partial charge in [-0.15, -0.1) is 0 Å². The number of alkyl halides is 5. The van der Waals surface area contributed by atoms with E-state index in [1.54, 1.807) is 36.4 Å². The van der Waals surface area contributed by atoms with Crippen molar-refractivity contribution in [3.8, 4) is 0 Å². The van der Waals surface area contributed by atoms with E-state index >= 15 is 0 Å². The van der Waals surface area contributed by atoms with Gasteiger partial charge in [-0.05, 0) is 77.6 Å². The first kappa shape index (κ1) is 32.5. The predicted octanol–water partition coefficient (Wildman–Crippen LogP) is 7.22. The van der Waals surface area contributed by atoms with Gasteiger partial charge in [0.1, 0.15) is 0 Å². The molecule has 1 aliphatic heterocycles. The van der Waals surface area contributed by atoms with Crippen molar-refractivity contribution in [1.82, 2.24) is 10.2 Å². The van der Waals surface area contributed by atoms with Crippen LogP contribution in [0.25, 0.3) is 5.57 Å². The van der Waals surface area contributed by atoms with E-state index in [-0.39, 0.29) is 18.6 Å². The van der Waals surface area contributed by atoms with Gasteiger partial charge in [-0.3, -0.25) is 13.9 Å². The van der Waals surface area contributed by atoms with Gasteiger partial charge in [0.05, 0.1) is 29.0 Å². The van der Waals surface area contributed by atoms with E-state index in [0.717, 1.165) is 33.7 Å². The molecule has 3 aromatic rings. The molecule has 230 valence electrons. The van der Waals surface area contributed by atoms with E-state index in [2.05, 4.69) is 10.1 Å². The number of halogens is 5. The topological polar surface area (TPSA) is 58.6 Å². The van der Waals surface area contributed by atoms with Crippen LogP contribution in [0.15, 0.2) is 83.3 Å². The zero-order chi connectivity index (χ0) is 31.1. The Morgan fingerprint density at radius 2 is 1.65 bits per heavy atom. The summed E-state index contributed by atoms with van der Waals surface area (Å²) < 4.78 is 81.1. The molecule has 0 bridgehead atoms. The van der Waals surface area contributed by atoms with E-state index in [1.165, 1.54) is 12.1 Å². The first-order valence-corrected chi connectivity index (χ1v) is 15.1. The maximum Gasteiger partial charge on any atom is 0.416 e. The molecule has 43 heavy (non-hydrogen) atoms. The largest absolute Gasteiger partial charge is 0.416 e. The lowest BCUT2D eigenvalue weighted by Crippen LogP contribution is -2.32. The van der Waals surface area contributed by atoms with Crippen LogP contribution in [0.2, 0.25) is 0 Å².